The molecule has 1 heterocycles. The van der Waals surface area contributed by atoms with Crippen molar-refractivity contribution in [2.24, 2.45) is 0 Å². The molecule has 3 rings (SSSR count). The fourth-order valence-corrected chi connectivity index (χ4v) is 5.24. The number of quaternary nitrogens is 1. The lowest BCUT2D eigenvalue weighted by atomic mass is 10.2. The predicted octanol–water partition coefficient (Wildman–Crippen LogP) is 1.27. The summed E-state index contributed by atoms with van der Waals surface area (Å²) < 4.78 is 28.0. The molecule has 0 saturated carbocycles. The number of amides is 1. The van der Waals surface area contributed by atoms with E-state index >= 15 is 0 Å². The second kappa shape index (κ2) is 9.21. The first-order chi connectivity index (χ1) is 14.2. The van der Waals surface area contributed by atoms with Crippen LogP contribution in [0.3, 0.4) is 0 Å². The van der Waals surface area contributed by atoms with Gasteiger partial charge in [-0.1, -0.05) is 28.1 Å². The first-order valence-electron chi connectivity index (χ1n) is 9.34. The standard InChI is InChI=1S/C19H21BrN4O5S/c1-14(19(25)21-16-8-6-15(20)7-9-16)22-10-12-23(13-11-22)30(28,29)18-5-3-2-4-17(18)24(26)27/h2-9,14H,10-13H2,1H3,(H,21,25)/p+1/t14-/m0/s1. The van der Waals surface area contributed by atoms with Gasteiger partial charge in [-0.3, -0.25) is 14.9 Å². The molecule has 1 fully saturated rings. The largest absolute Gasteiger partial charge is 0.323 e. The van der Waals surface area contributed by atoms with E-state index in [-0.39, 0.29) is 29.9 Å². The van der Waals surface area contributed by atoms with E-state index in [0.717, 1.165) is 9.37 Å². The third kappa shape index (κ3) is 4.86. The second-order valence-corrected chi connectivity index (χ2v) is 9.83. The minimum absolute atomic E-state index is 0.151. The van der Waals surface area contributed by atoms with E-state index in [1.165, 1.54) is 28.6 Å². The molecule has 0 radical (unpaired) electrons. The minimum atomic E-state index is -3.99. The van der Waals surface area contributed by atoms with Crippen molar-refractivity contribution in [3.63, 3.8) is 0 Å². The second-order valence-electron chi connectivity index (χ2n) is 7.01. The van der Waals surface area contributed by atoms with Gasteiger partial charge in [-0.15, -0.1) is 0 Å². The zero-order valence-corrected chi connectivity index (χ0v) is 18.6. The first-order valence-corrected chi connectivity index (χ1v) is 11.6. The number of para-hydroxylation sites is 1. The van der Waals surface area contributed by atoms with Gasteiger partial charge in [-0.05, 0) is 37.3 Å². The average molecular weight is 498 g/mol. The number of carbonyl (C=O) groups excluding carboxylic acids is 1. The lowest BCUT2D eigenvalue weighted by Gasteiger charge is -2.34. The highest BCUT2D eigenvalue weighted by Gasteiger charge is 2.37. The molecular weight excluding hydrogens is 476 g/mol. The molecule has 1 aliphatic rings. The van der Waals surface area contributed by atoms with Crippen LogP contribution in [0.2, 0.25) is 0 Å². The molecule has 0 bridgehead atoms. The first kappa shape index (κ1) is 22.3. The smallest absolute Gasteiger partial charge is 0.289 e. The molecule has 2 aromatic rings. The van der Waals surface area contributed by atoms with Gasteiger partial charge in [0.25, 0.3) is 11.6 Å². The number of sulfonamides is 1. The molecular formula is C19H22BrN4O5S+. The summed E-state index contributed by atoms with van der Waals surface area (Å²) in [6, 6.07) is 12.2. The van der Waals surface area contributed by atoms with E-state index < -0.39 is 20.6 Å². The van der Waals surface area contributed by atoms with Gasteiger partial charge in [-0.25, -0.2) is 8.42 Å². The zero-order chi connectivity index (χ0) is 21.9. The summed E-state index contributed by atoms with van der Waals surface area (Å²) in [5.41, 5.74) is 0.251. The van der Waals surface area contributed by atoms with Crippen LogP contribution in [-0.2, 0) is 14.8 Å². The number of halogens is 1. The highest BCUT2D eigenvalue weighted by Crippen LogP contribution is 2.26. The maximum atomic E-state index is 12.9. The number of nitrogens with zero attached hydrogens (tertiary/aromatic N) is 2. The van der Waals surface area contributed by atoms with Crippen LogP contribution >= 0.6 is 15.9 Å². The van der Waals surface area contributed by atoms with E-state index in [2.05, 4.69) is 21.2 Å². The number of nitrogens with one attached hydrogen (secondary N) is 2. The van der Waals surface area contributed by atoms with E-state index in [1.807, 2.05) is 12.1 Å². The molecule has 11 heteroatoms. The number of hydrogen-bond donors (Lipinski definition) is 2. The maximum Gasteiger partial charge on any atom is 0.289 e. The van der Waals surface area contributed by atoms with Crippen molar-refractivity contribution in [2.45, 2.75) is 17.9 Å². The van der Waals surface area contributed by atoms with Gasteiger partial charge in [-0.2, -0.15) is 4.31 Å². The van der Waals surface area contributed by atoms with Crippen LogP contribution in [0.4, 0.5) is 11.4 Å². The Bertz CT molecular complexity index is 1040. The topological polar surface area (TPSA) is 114 Å². The summed E-state index contributed by atoms with van der Waals surface area (Å²) in [5.74, 6) is -0.151. The Morgan fingerprint density at radius 1 is 1.17 bits per heavy atom. The number of nitro groups is 1. The molecule has 30 heavy (non-hydrogen) atoms. The van der Waals surface area contributed by atoms with Gasteiger partial charge in [0, 0.05) is 16.2 Å². The third-order valence-electron chi connectivity index (χ3n) is 5.16. The highest BCUT2D eigenvalue weighted by molar-refractivity contribution is 9.10. The Morgan fingerprint density at radius 3 is 2.37 bits per heavy atom. The monoisotopic (exact) mass is 497 g/mol. The summed E-state index contributed by atoms with van der Waals surface area (Å²) in [5, 5.41) is 14.1. The Hall–Kier alpha value is -2.34. The summed E-state index contributed by atoms with van der Waals surface area (Å²) >= 11 is 3.35. The molecule has 0 spiro atoms. The molecule has 0 aliphatic carbocycles. The van der Waals surface area contributed by atoms with Crippen LogP contribution in [0.1, 0.15) is 6.92 Å². The molecule has 0 aromatic heterocycles. The minimum Gasteiger partial charge on any atom is -0.323 e. The number of piperazine rings is 1. The highest BCUT2D eigenvalue weighted by atomic mass is 79.9. The molecule has 1 aliphatic heterocycles. The van der Waals surface area contributed by atoms with Crippen LogP contribution in [0.5, 0.6) is 0 Å². The van der Waals surface area contributed by atoms with Crippen molar-refractivity contribution in [3.05, 3.63) is 63.1 Å². The van der Waals surface area contributed by atoms with Crippen LogP contribution in [0.15, 0.2) is 57.9 Å². The molecule has 160 valence electrons. The van der Waals surface area contributed by atoms with Crippen molar-refractivity contribution in [1.29, 1.82) is 0 Å². The molecule has 0 unspecified atom stereocenters. The van der Waals surface area contributed by atoms with Gasteiger partial charge in [0.1, 0.15) is 0 Å². The number of anilines is 1. The number of nitro benzene ring substituents is 1. The van der Waals surface area contributed by atoms with Crippen LogP contribution < -0.4 is 10.2 Å². The predicted molar refractivity (Wildman–Crippen MR) is 115 cm³/mol. The fraction of sp³-hybridized carbons (Fsp3) is 0.316. The quantitative estimate of drug-likeness (QED) is 0.460. The Morgan fingerprint density at radius 2 is 1.77 bits per heavy atom. The van der Waals surface area contributed by atoms with Gasteiger partial charge in [0.15, 0.2) is 10.9 Å². The summed E-state index contributed by atoms with van der Waals surface area (Å²) in [4.78, 5) is 23.7. The Labute approximate surface area is 183 Å². The van der Waals surface area contributed by atoms with Crippen LogP contribution in [-0.4, -0.2) is 55.8 Å². The molecule has 2 N–H and O–H groups in total. The van der Waals surface area contributed by atoms with Crippen molar-refractivity contribution >= 4 is 43.2 Å². The van der Waals surface area contributed by atoms with E-state index in [4.69, 9.17) is 0 Å². The van der Waals surface area contributed by atoms with Crippen molar-refractivity contribution in [1.82, 2.24) is 4.31 Å². The lowest BCUT2D eigenvalue weighted by molar-refractivity contribution is -0.917. The summed E-state index contributed by atoms with van der Waals surface area (Å²) in [6.45, 7) is 3.01. The molecule has 1 atom stereocenters. The van der Waals surface area contributed by atoms with Crippen molar-refractivity contribution < 1.29 is 23.0 Å². The number of rotatable bonds is 6. The van der Waals surface area contributed by atoms with Crippen molar-refractivity contribution in [2.75, 3.05) is 31.5 Å². The van der Waals surface area contributed by atoms with Crippen LogP contribution in [0, 0.1) is 10.1 Å². The zero-order valence-electron chi connectivity index (χ0n) is 16.2. The number of hydrogen-bond acceptors (Lipinski definition) is 5. The number of carbonyl (C=O) groups is 1. The van der Waals surface area contributed by atoms with Gasteiger partial charge < -0.3 is 10.2 Å². The normalized spacial score (nSPS) is 16.7. The summed E-state index contributed by atoms with van der Waals surface area (Å²) in [6.07, 6.45) is 0. The molecule has 9 nitrogen and oxygen atoms in total. The van der Waals surface area contributed by atoms with Gasteiger partial charge in [0.05, 0.1) is 31.1 Å². The van der Waals surface area contributed by atoms with Crippen LogP contribution in [0.25, 0.3) is 0 Å². The molecule has 1 saturated heterocycles. The Kier molecular flexibility index (Phi) is 6.86. The average Bonchev–Trinajstić information content (AvgIpc) is 2.74. The third-order valence-corrected chi connectivity index (χ3v) is 7.64. The maximum absolute atomic E-state index is 12.9. The van der Waals surface area contributed by atoms with E-state index in [1.54, 1.807) is 19.1 Å². The molecule has 1 amide bonds. The van der Waals surface area contributed by atoms with E-state index in [9.17, 15) is 23.3 Å². The number of benzene rings is 2. The fourth-order valence-electron chi connectivity index (χ4n) is 3.38. The molecule has 2 aromatic carbocycles. The van der Waals surface area contributed by atoms with E-state index in [0.29, 0.717) is 18.8 Å². The summed E-state index contributed by atoms with van der Waals surface area (Å²) in [7, 11) is -3.99. The van der Waals surface area contributed by atoms with Gasteiger partial charge >= 0.3 is 0 Å². The SMILES string of the molecule is C[C@@H](C(=O)Nc1ccc(Br)cc1)[NH+]1CCN(S(=O)(=O)c2ccccc2[N+](=O)[O-])CC1. The Balaban J connectivity index is 1.64. The van der Waals surface area contributed by atoms with Gasteiger partial charge in [0.2, 0.25) is 10.0 Å². The van der Waals surface area contributed by atoms with Crippen molar-refractivity contribution in [3.8, 4) is 0 Å². The lowest BCUT2D eigenvalue weighted by Crippen LogP contribution is -3.19.